The molecule has 0 radical (unpaired) electrons. The Morgan fingerprint density at radius 3 is 1.10 bits per heavy atom. The van der Waals surface area contributed by atoms with Crippen LogP contribution in [-0.4, -0.2) is 188 Å². The first-order valence-electron chi connectivity index (χ1n) is 44.7. The van der Waals surface area contributed by atoms with Crippen LogP contribution >= 0.6 is 23.2 Å². The molecule has 38 heteroatoms. The minimum absolute atomic E-state index is 0.0457. The number of H-pyrrole nitrogens is 2. The van der Waals surface area contributed by atoms with Crippen molar-refractivity contribution in [2.45, 2.75) is 206 Å². The number of imidazole rings is 2. The molecule has 14 rings (SSSR count). The Morgan fingerprint density at radius 1 is 0.432 bits per heavy atom. The molecule has 6 N–H and O–H groups in total. The van der Waals surface area contributed by atoms with Crippen molar-refractivity contribution in [3.8, 4) is 0 Å². The SMILES string of the molecule is COC(=O)C[C@H](C(=O)N1CCC[C@H]1C(=O)Nc1ccc([C@H]2CC[C@H](c3ccc(NC(=O)[C@@H]4CCCN4C(=O)[C@@H](CC(=O)OC)C(C)C)c([N+](=O)[O-])c3)N2c2ccc(Cl)c(F)c2)cc1[N+](=O)[O-])C(C)C.COC(=O)N[C@H](C(=O)N1CCC[C@H]1c1nc2ccc([C@H]3CC[C@H](c4ccc5nc([C@@H]6CCCN6C(=O)[C@@H](NC(=O)OC)C(C)C)[nH]c5c4)N3c3ccc(Cl)c(F)c3)cc2[nH]1)C(C)C. The molecule has 6 aliphatic heterocycles. The van der Waals surface area contributed by atoms with Crippen molar-refractivity contribution in [1.82, 2.24) is 50.2 Å². The molecule has 8 heterocycles. The number of nitro groups is 2. The number of alkyl carbamates (subject to hydrolysis) is 2. The second kappa shape index (κ2) is 41.9. The number of hydrogen-bond donors (Lipinski definition) is 6. The Bertz CT molecular complexity index is 5430. The summed E-state index contributed by atoms with van der Waals surface area (Å²) in [4.78, 5) is 182. The molecule has 6 fully saturated rings. The number of aromatic nitrogens is 4. The van der Waals surface area contributed by atoms with Gasteiger partial charge in [-0.1, -0.05) is 103 Å². The predicted octanol–water partition coefficient (Wildman–Crippen LogP) is 16.3. The van der Waals surface area contributed by atoms with Crippen LogP contribution in [0.25, 0.3) is 22.1 Å². The second-order valence-corrected chi connectivity index (χ2v) is 36.6. The minimum atomic E-state index is -0.950. The van der Waals surface area contributed by atoms with E-state index >= 15 is 8.78 Å². The minimum Gasteiger partial charge on any atom is -0.469 e. The quantitative estimate of drug-likeness (QED) is 0.0115. The highest BCUT2D eigenvalue weighted by Gasteiger charge is 2.46. The monoisotopic (exact) mass is 1860 g/mol. The van der Waals surface area contributed by atoms with Gasteiger partial charge in [-0.05, 0) is 196 Å². The first kappa shape index (κ1) is 96.9. The number of halogens is 4. The molecule has 8 amide bonds. The highest BCUT2D eigenvalue weighted by Crippen LogP contribution is 2.52. The number of methoxy groups -OCH3 is 4. The number of carbonyl (C=O) groups excluding carboxylic acids is 10. The smallest absolute Gasteiger partial charge is 0.407 e. The maximum atomic E-state index is 15.2. The summed E-state index contributed by atoms with van der Waals surface area (Å²) in [5.74, 6) is -5.69. The lowest BCUT2D eigenvalue weighted by molar-refractivity contribution is -0.384. The molecule has 0 unspecified atom stereocenters. The van der Waals surface area contributed by atoms with E-state index < -0.39 is 129 Å². The summed E-state index contributed by atoms with van der Waals surface area (Å²) >= 11 is 12.3. The Kier molecular flexibility index (Phi) is 30.8. The van der Waals surface area contributed by atoms with Crippen molar-refractivity contribution in [3.63, 3.8) is 0 Å². The molecule has 704 valence electrons. The topological polar surface area (TPSA) is 419 Å². The first-order chi connectivity index (χ1) is 63.0. The van der Waals surface area contributed by atoms with E-state index in [4.69, 9.17) is 52.1 Å². The Labute approximate surface area is 771 Å². The van der Waals surface area contributed by atoms with Crippen LogP contribution in [0.1, 0.15) is 215 Å². The maximum Gasteiger partial charge on any atom is 0.407 e. The summed E-state index contributed by atoms with van der Waals surface area (Å²) in [6, 6.07) is 24.4. The number of benzene rings is 6. The number of anilines is 4. The van der Waals surface area contributed by atoms with Gasteiger partial charge in [0.2, 0.25) is 35.4 Å². The number of hydrogen-bond acceptors (Lipinski definition) is 22. The van der Waals surface area contributed by atoms with Gasteiger partial charge in [-0.25, -0.2) is 28.3 Å². The predicted molar refractivity (Wildman–Crippen MR) is 488 cm³/mol. The molecule has 34 nitrogen and oxygen atoms in total. The number of nitro benzene ring substituents is 2. The lowest BCUT2D eigenvalue weighted by Crippen LogP contribution is -2.51. The largest absolute Gasteiger partial charge is 0.469 e. The van der Waals surface area contributed by atoms with Gasteiger partial charge in [0, 0.05) is 49.7 Å². The Balaban J connectivity index is 0.000000225. The van der Waals surface area contributed by atoms with Gasteiger partial charge in [0.25, 0.3) is 11.4 Å². The highest BCUT2D eigenvalue weighted by atomic mass is 35.5. The fourth-order valence-electron chi connectivity index (χ4n) is 19.4. The van der Waals surface area contributed by atoms with Crippen LogP contribution in [0.3, 0.4) is 0 Å². The maximum absolute atomic E-state index is 15.2. The number of esters is 2. The van der Waals surface area contributed by atoms with Crippen LogP contribution < -0.4 is 31.1 Å². The van der Waals surface area contributed by atoms with E-state index in [1.54, 1.807) is 66.7 Å². The van der Waals surface area contributed by atoms with Gasteiger partial charge in [0.15, 0.2) is 0 Å². The van der Waals surface area contributed by atoms with E-state index in [1.165, 1.54) is 80.7 Å². The number of aromatic amines is 2. The van der Waals surface area contributed by atoms with E-state index in [-0.39, 0.29) is 107 Å². The summed E-state index contributed by atoms with van der Waals surface area (Å²) in [7, 11) is 5.01. The zero-order valence-corrected chi connectivity index (χ0v) is 77.2. The van der Waals surface area contributed by atoms with E-state index in [2.05, 4.69) is 60.4 Å². The number of carbonyl (C=O) groups is 10. The van der Waals surface area contributed by atoms with Gasteiger partial charge in [0.1, 0.15) is 58.8 Å². The Hall–Kier alpha value is -12.6. The molecule has 0 saturated carbocycles. The molecule has 132 heavy (non-hydrogen) atoms. The molecule has 2 aromatic heterocycles. The van der Waals surface area contributed by atoms with Crippen molar-refractivity contribution in [2.24, 2.45) is 35.5 Å². The Morgan fingerprint density at radius 2 is 0.773 bits per heavy atom. The van der Waals surface area contributed by atoms with Crippen LogP contribution in [0.15, 0.2) is 109 Å². The lowest BCUT2D eigenvalue weighted by Gasteiger charge is -2.33. The zero-order chi connectivity index (χ0) is 95.1. The standard InChI is InChI=1S/C48H57ClFN7O12.C46H55ClFN9O6/c1-26(2)31(24-43(58)68-5)47(62)53-19-7-9-39(53)45(60)51-35-15-11-28(21-41(35)56(64)65)37-17-18-38(55(37)30-13-14-33(49)34(50)23-30)29-12-16-36(42(22-29)57(66)67)52-46(61)40-10-8-20-54(40)48(63)32(27(3)4)25-44(59)69-6;1-24(2)39(53-45(60)62-5)43(58)55-19-7-9-37(55)41-49-31-15-11-26(21-33(31)51-41)35-17-18-36(57(35)28-13-14-29(47)30(48)23-28)27-12-16-32-34(22-27)52-42(50-32)38-10-8-20-56(38)44(59)40(25(3)4)54-46(61)63-6/h11-16,21-23,26-27,31-32,37-40H,7-10,17-20,24-25H2,1-6H3,(H,51,60)(H,52,61);11-16,21-25,35-40H,7-10,17-20H2,1-6H3,(H,49,51)(H,50,52)(H,53,60)(H,54,61)/t31-,32-,37+,38+,39-,40-;35-,36-,37+,38+,39+,40+/m01/s1. The summed E-state index contributed by atoms with van der Waals surface area (Å²) < 4.78 is 49.6. The van der Waals surface area contributed by atoms with E-state index in [0.717, 1.165) is 71.7 Å². The second-order valence-electron chi connectivity index (χ2n) is 35.8. The van der Waals surface area contributed by atoms with Gasteiger partial charge in [0.05, 0.1) is 131 Å². The van der Waals surface area contributed by atoms with Crippen LogP contribution in [0, 0.1) is 67.4 Å². The third-order valence-corrected chi connectivity index (χ3v) is 27.0. The molecular weight excluding hydrogens is 1750 g/mol. The van der Waals surface area contributed by atoms with Gasteiger partial charge >= 0.3 is 24.1 Å². The van der Waals surface area contributed by atoms with Crippen LogP contribution in [-0.2, 0) is 57.3 Å². The average Bonchev–Trinajstić information content (AvgIpc) is 1.61. The molecule has 6 aliphatic rings. The van der Waals surface area contributed by atoms with Crippen LogP contribution in [0.5, 0.6) is 0 Å². The van der Waals surface area contributed by atoms with E-state index in [1.807, 2.05) is 45.9 Å². The first-order valence-corrected chi connectivity index (χ1v) is 45.5. The van der Waals surface area contributed by atoms with Crippen LogP contribution in [0.2, 0.25) is 10.0 Å². The van der Waals surface area contributed by atoms with Gasteiger partial charge < -0.3 is 79.6 Å². The molecular formula is C94H112Cl2F2N16O18. The van der Waals surface area contributed by atoms with Gasteiger partial charge in [-0.2, -0.15) is 0 Å². The number of amides is 8. The van der Waals surface area contributed by atoms with Gasteiger partial charge in [-0.3, -0.25) is 58.6 Å². The summed E-state index contributed by atoms with van der Waals surface area (Å²) in [5, 5.41) is 35.9. The summed E-state index contributed by atoms with van der Waals surface area (Å²) in [5.41, 5.74) is 5.93. The number of nitrogens with zero attached hydrogens (tertiary/aromatic N) is 10. The molecule has 0 aliphatic carbocycles. The third-order valence-electron chi connectivity index (χ3n) is 26.3. The molecule has 6 aromatic carbocycles. The summed E-state index contributed by atoms with van der Waals surface area (Å²) in [6.07, 6.45) is 5.25. The van der Waals surface area contributed by atoms with Crippen molar-refractivity contribution < 1.29 is 85.5 Å². The summed E-state index contributed by atoms with van der Waals surface area (Å²) in [6.45, 7) is 16.3. The van der Waals surface area contributed by atoms with E-state index in [0.29, 0.717) is 85.8 Å². The fourth-order valence-corrected chi connectivity index (χ4v) is 19.6. The number of likely N-dealkylation sites (tertiary alicyclic amines) is 4. The normalized spacial score (nSPS) is 20.5. The number of nitrogens with one attached hydrogen (secondary N) is 6. The number of fused-ring (bicyclic) bond motifs is 2. The van der Waals surface area contributed by atoms with Crippen molar-refractivity contribution in [3.05, 3.63) is 185 Å². The third kappa shape index (κ3) is 21.0. The van der Waals surface area contributed by atoms with Crippen molar-refractivity contribution in [2.75, 3.05) is 75.1 Å². The van der Waals surface area contributed by atoms with Gasteiger partial charge in [-0.15, -0.1) is 0 Å². The number of rotatable bonds is 28. The zero-order valence-electron chi connectivity index (χ0n) is 75.7. The van der Waals surface area contributed by atoms with Crippen LogP contribution in [0.4, 0.5) is 52.5 Å². The van der Waals surface area contributed by atoms with E-state index in [9.17, 15) is 68.2 Å². The fraction of sp³-hybridized carbons (Fsp3) is 0.489. The lowest BCUT2D eigenvalue weighted by atomic mass is 9.90. The molecule has 0 bridgehead atoms. The molecule has 0 spiro atoms. The molecule has 8 aromatic rings. The highest BCUT2D eigenvalue weighted by molar-refractivity contribution is 6.31. The number of ether oxygens (including phenoxy) is 4. The molecule has 12 atom stereocenters. The van der Waals surface area contributed by atoms with Crippen molar-refractivity contribution in [1.29, 1.82) is 0 Å². The van der Waals surface area contributed by atoms with Crippen molar-refractivity contribution >= 4 is 139 Å². The average molecular weight is 1860 g/mol. The molecule has 6 saturated heterocycles.